The first-order chi connectivity index (χ1) is 22.3. The fourth-order valence-electron chi connectivity index (χ4n) is 3.28. The van der Waals surface area contributed by atoms with Crippen LogP contribution in [0.4, 0.5) is 0 Å². The number of hydrogen-bond donors (Lipinski definition) is 0. The average Bonchev–Trinajstić information content (AvgIpc) is 3.12. The van der Waals surface area contributed by atoms with Crippen molar-refractivity contribution in [1.82, 2.24) is 0 Å². The lowest BCUT2D eigenvalue weighted by atomic mass is 10.1. The molecule has 0 radical (unpaired) electrons. The second kappa shape index (κ2) is 23.2. The molecule has 0 fully saturated rings. The van der Waals surface area contributed by atoms with Crippen LogP contribution in [0.3, 0.4) is 0 Å². The van der Waals surface area contributed by atoms with Crippen LogP contribution in [0.5, 0.6) is 17.2 Å². The van der Waals surface area contributed by atoms with Crippen molar-refractivity contribution < 1.29 is 38.1 Å². The molecule has 0 amide bonds. The van der Waals surface area contributed by atoms with Gasteiger partial charge in [0.1, 0.15) is 17.2 Å². The first-order valence-corrected chi connectivity index (χ1v) is 15.4. The van der Waals surface area contributed by atoms with Gasteiger partial charge in [0.25, 0.3) is 0 Å². The van der Waals surface area contributed by atoms with E-state index in [4.69, 9.17) is 14.2 Å². The van der Waals surface area contributed by atoms with Crippen molar-refractivity contribution in [2.45, 2.75) is 62.3 Å². The lowest BCUT2D eigenvalue weighted by molar-refractivity contribution is 0.0599. The lowest BCUT2D eigenvalue weighted by Gasteiger charge is -2.08. The van der Waals surface area contributed by atoms with Gasteiger partial charge in [-0.25, -0.2) is 19.2 Å². The highest BCUT2D eigenvalue weighted by Gasteiger charge is 2.14. The van der Waals surface area contributed by atoms with Crippen molar-refractivity contribution >= 4 is 23.9 Å². The molecule has 8 nitrogen and oxygen atoms in total. The van der Waals surface area contributed by atoms with E-state index in [1.54, 1.807) is 12.1 Å². The minimum Gasteiger partial charge on any atom is -0.465 e. The predicted molar refractivity (Wildman–Crippen MR) is 182 cm³/mol. The third-order valence-electron chi connectivity index (χ3n) is 5.37. The largest absolute Gasteiger partial charge is 0.465 e. The fourth-order valence-corrected chi connectivity index (χ4v) is 3.28. The molecule has 0 aliphatic heterocycles. The SMILES string of the molecule is CC.CC.CC.CC.COC(=O)c1ccc(OC(=O)c2ccc(OC(=O)c3ccc(OC(=O)c4ccc(C)cc4)cc3)cc2)cc1. The molecule has 0 heterocycles. The molecule has 46 heavy (non-hydrogen) atoms. The van der Waals surface area contributed by atoms with Gasteiger partial charge in [-0.2, -0.15) is 0 Å². The van der Waals surface area contributed by atoms with Crippen LogP contribution in [-0.2, 0) is 4.74 Å². The van der Waals surface area contributed by atoms with Gasteiger partial charge in [-0.15, -0.1) is 0 Å². The molecule has 4 aromatic rings. The Labute approximate surface area is 273 Å². The van der Waals surface area contributed by atoms with E-state index in [1.807, 2.05) is 74.4 Å². The molecule has 0 aliphatic rings. The number of rotatable bonds is 7. The third-order valence-corrected chi connectivity index (χ3v) is 5.37. The van der Waals surface area contributed by atoms with Crippen LogP contribution in [0.2, 0.25) is 0 Å². The maximum Gasteiger partial charge on any atom is 0.343 e. The van der Waals surface area contributed by atoms with Gasteiger partial charge >= 0.3 is 23.9 Å². The minimum absolute atomic E-state index is 0.226. The normalized spacial score (nSPS) is 9.00. The van der Waals surface area contributed by atoms with Gasteiger partial charge in [0.15, 0.2) is 0 Å². The van der Waals surface area contributed by atoms with Gasteiger partial charge in [0.05, 0.1) is 29.4 Å². The van der Waals surface area contributed by atoms with E-state index in [0.717, 1.165) is 5.56 Å². The fraction of sp³-hybridized carbons (Fsp3) is 0.263. The summed E-state index contributed by atoms with van der Waals surface area (Å²) in [6.45, 7) is 17.9. The Morgan fingerprint density at radius 2 is 0.587 bits per heavy atom. The van der Waals surface area contributed by atoms with Crippen LogP contribution in [0, 0.1) is 6.92 Å². The van der Waals surface area contributed by atoms with E-state index in [-0.39, 0.29) is 28.4 Å². The first kappa shape index (κ1) is 40.8. The summed E-state index contributed by atoms with van der Waals surface area (Å²) in [5, 5.41) is 0. The van der Waals surface area contributed by atoms with Crippen LogP contribution in [0.25, 0.3) is 0 Å². The molecule has 0 unspecified atom stereocenters. The zero-order valence-electron chi connectivity index (χ0n) is 28.5. The number of carbonyl (C=O) groups excluding carboxylic acids is 4. The molecule has 8 heteroatoms. The third kappa shape index (κ3) is 13.2. The van der Waals surface area contributed by atoms with Gasteiger partial charge in [-0.05, 0) is 91.9 Å². The number of benzene rings is 4. The second-order valence-corrected chi connectivity index (χ2v) is 8.10. The van der Waals surface area contributed by atoms with E-state index in [0.29, 0.717) is 11.1 Å². The highest BCUT2D eigenvalue weighted by molar-refractivity contribution is 5.94. The maximum absolute atomic E-state index is 12.5. The number of ether oxygens (including phenoxy) is 4. The Kier molecular flexibility index (Phi) is 20.5. The molecular formula is C38H46O8. The Morgan fingerprint density at radius 3 is 0.826 bits per heavy atom. The zero-order chi connectivity index (χ0) is 35.1. The maximum atomic E-state index is 12.5. The van der Waals surface area contributed by atoms with E-state index in [9.17, 15) is 19.2 Å². The molecule has 0 spiro atoms. The van der Waals surface area contributed by atoms with Crippen LogP contribution in [0.15, 0.2) is 97.1 Å². The molecule has 0 aliphatic carbocycles. The van der Waals surface area contributed by atoms with Gasteiger partial charge in [0.2, 0.25) is 0 Å². The highest BCUT2D eigenvalue weighted by atomic mass is 16.5. The topological polar surface area (TPSA) is 105 Å². The van der Waals surface area contributed by atoms with Crippen LogP contribution < -0.4 is 14.2 Å². The van der Waals surface area contributed by atoms with E-state index in [1.165, 1.54) is 79.9 Å². The van der Waals surface area contributed by atoms with Crippen LogP contribution in [0.1, 0.15) is 102 Å². The van der Waals surface area contributed by atoms with Crippen LogP contribution in [-0.4, -0.2) is 31.0 Å². The summed E-state index contributed by atoms with van der Waals surface area (Å²) in [5.41, 5.74) is 2.27. The monoisotopic (exact) mass is 630 g/mol. The van der Waals surface area contributed by atoms with E-state index < -0.39 is 23.9 Å². The molecule has 0 atom stereocenters. The Hall–Kier alpha value is -5.24. The van der Waals surface area contributed by atoms with E-state index in [2.05, 4.69) is 4.74 Å². The highest BCUT2D eigenvalue weighted by Crippen LogP contribution is 2.20. The minimum atomic E-state index is -0.623. The summed E-state index contributed by atoms with van der Waals surface area (Å²) in [5.74, 6) is -1.47. The number of hydrogen-bond acceptors (Lipinski definition) is 8. The molecule has 4 rings (SSSR count). The molecular weight excluding hydrogens is 584 g/mol. The number of aryl methyl sites for hydroxylation is 1. The average molecular weight is 631 g/mol. The number of methoxy groups -OCH3 is 1. The molecule has 4 aromatic carbocycles. The van der Waals surface area contributed by atoms with Crippen LogP contribution >= 0.6 is 0 Å². The molecule has 246 valence electrons. The predicted octanol–water partition coefficient (Wildman–Crippen LogP) is 9.54. The molecule has 0 bridgehead atoms. The first-order valence-electron chi connectivity index (χ1n) is 15.4. The van der Waals surface area contributed by atoms with Crippen molar-refractivity contribution in [1.29, 1.82) is 0 Å². The number of esters is 4. The van der Waals surface area contributed by atoms with Crippen molar-refractivity contribution in [3.8, 4) is 17.2 Å². The zero-order valence-corrected chi connectivity index (χ0v) is 28.5. The van der Waals surface area contributed by atoms with Crippen molar-refractivity contribution in [2.75, 3.05) is 7.11 Å². The molecule has 0 aromatic heterocycles. The van der Waals surface area contributed by atoms with Gasteiger partial charge in [-0.1, -0.05) is 73.1 Å². The van der Waals surface area contributed by atoms with Gasteiger partial charge in [-0.3, -0.25) is 0 Å². The van der Waals surface area contributed by atoms with Crippen molar-refractivity contribution in [2.24, 2.45) is 0 Å². The van der Waals surface area contributed by atoms with Gasteiger partial charge < -0.3 is 18.9 Å². The Balaban J connectivity index is 0.00000235. The second-order valence-electron chi connectivity index (χ2n) is 8.10. The molecule has 0 saturated carbocycles. The van der Waals surface area contributed by atoms with E-state index >= 15 is 0 Å². The Morgan fingerprint density at radius 1 is 0.370 bits per heavy atom. The van der Waals surface area contributed by atoms with Crippen molar-refractivity contribution in [3.63, 3.8) is 0 Å². The molecule has 0 saturated heterocycles. The lowest BCUT2D eigenvalue weighted by Crippen LogP contribution is -2.11. The standard InChI is InChI=1S/C30H22O8.4C2H6/c1-19-3-5-21(6-4-19)28(32)36-25-15-9-23(10-16-25)30(34)38-26-17-11-22(12-18-26)29(33)37-24-13-7-20(8-14-24)27(31)35-2;4*1-2/h3-18H,1-2H3;4*1-2H3. The molecule has 0 N–H and O–H groups in total. The quantitative estimate of drug-likeness (QED) is 0.147. The summed E-state index contributed by atoms with van der Waals surface area (Å²) in [4.78, 5) is 48.6. The summed E-state index contributed by atoms with van der Waals surface area (Å²) >= 11 is 0. The summed E-state index contributed by atoms with van der Waals surface area (Å²) < 4.78 is 20.6. The smallest absolute Gasteiger partial charge is 0.343 e. The summed E-state index contributed by atoms with van der Waals surface area (Å²) in [6, 6.07) is 24.7. The van der Waals surface area contributed by atoms with Gasteiger partial charge in [0, 0.05) is 0 Å². The summed E-state index contributed by atoms with van der Waals surface area (Å²) in [6.07, 6.45) is 0. The summed E-state index contributed by atoms with van der Waals surface area (Å²) in [7, 11) is 1.28. The van der Waals surface area contributed by atoms with Crippen molar-refractivity contribution in [3.05, 3.63) is 125 Å². The Bertz CT molecular complexity index is 1460. The number of carbonyl (C=O) groups is 4.